The zero-order valence-electron chi connectivity index (χ0n) is 16.4. The van der Waals surface area contributed by atoms with Crippen LogP contribution in [0.3, 0.4) is 0 Å². The SMILES string of the molecule is CCNC(=NCC(=O)NC1CCCCC1)NCCOc1ccc(OC)cc1. The van der Waals surface area contributed by atoms with Crippen molar-refractivity contribution in [3.8, 4) is 11.5 Å². The van der Waals surface area contributed by atoms with Crippen LogP contribution in [-0.2, 0) is 4.79 Å². The molecular weight excluding hydrogens is 344 g/mol. The van der Waals surface area contributed by atoms with Crippen molar-refractivity contribution in [1.82, 2.24) is 16.0 Å². The van der Waals surface area contributed by atoms with Crippen molar-refractivity contribution in [2.24, 2.45) is 4.99 Å². The van der Waals surface area contributed by atoms with Gasteiger partial charge in [-0.1, -0.05) is 19.3 Å². The maximum Gasteiger partial charge on any atom is 0.242 e. The summed E-state index contributed by atoms with van der Waals surface area (Å²) in [5, 5.41) is 9.40. The van der Waals surface area contributed by atoms with Gasteiger partial charge in [-0.3, -0.25) is 4.79 Å². The highest BCUT2D eigenvalue weighted by atomic mass is 16.5. The van der Waals surface area contributed by atoms with Gasteiger partial charge in [0, 0.05) is 12.6 Å². The molecule has 0 atom stereocenters. The van der Waals surface area contributed by atoms with Crippen LogP contribution in [0.15, 0.2) is 29.3 Å². The van der Waals surface area contributed by atoms with E-state index in [4.69, 9.17) is 9.47 Å². The Morgan fingerprint density at radius 2 is 1.81 bits per heavy atom. The molecule has 1 fully saturated rings. The van der Waals surface area contributed by atoms with Gasteiger partial charge in [0.15, 0.2) is 5.96 Å². The minimum absolute atomic E-state index is 0.0198. The first-order chi connectivity index (χ1) is 13.2. The summed E-state index contributed by atoms with van der Waals surface area (Å²) in [5.74, 6) is 2.18. The molecule has 0 spiro atoms. The molecule has 1 amide bonds. The normalized spacial score (nSPS) is 15.1. The van der Waals surface area contributed by atoms with Gasteiger partial charge in [0.25, 0.3) is 0 Å². The second-order valence-corrected chi connectivity index (χ2v) is 6.55. The fourth-order valence-electron chi connectivity index (χ4n) is 3.02. The highest BCUT2D eigenvalue weighted by Crippen LogP contribution is 2.17. The van der Waals surface area contributed by atoms with Crippen LogP contribution in [0.4, 0.5) is 0 Å². The van der Waals surface area contributed by atoms with Gasteiger partial charge in [0.2, 0.25) is 5.91 Å². The van der Waals surface area contributed by atoms with Gasteiger partial charge < -0.3 is 25.4 Å². The predicted molar refractivity (Wildman–Crippen MR) is 107 cm³/mol. The molecular formula is C20H32N4O3. The lowest BCUT2D eigenvalue weighted by atomic mass is 9.95. The maximum atomic E-state index is 12.1. The predicted octanol–water partition coefficient (Wildman–Crippen LogP) is 2.08. The van der Waals surface area contributed by atoms with E-state index in [9.17, 15) is 4.79 Å². The average molecular weight is 377 g/mol. The summed E-state index contributed by atoms with van der Waals surface area (Å²) < 4.78 is 10.8. The molecule has 1 aromatic carbocycles. The highest BCUT2D eigenvalue weighted by Gasteiger charge is 2.15. The lowest BCUT2D eigenvalue weighted by Gasteiger charge is -2.22. The van der Waals surface area contributed by atoms with Crippen LogP contribution in [0.2, 0.25) is 0 Å². The van der Waals surface area contributed by atoms with E-state index in [0.29, 0.717) is 25.2 Å². The van der Waals surface area contributed by atoms with Crippen LogP contribution >= 0.6 is 0 Å². The van der Waals surface area contributed by atoms with Gasteiger partial charge in [-0.15, -0.1) is 0 Å². The first-order valence-corrected chi connectivity index (χ1v) is 9.79. The summed E-state index contributed by atoms with van der Waals surface area (Å²) in [6.07, 6.45) is 5.84. The minimum atomic E-state index is -0.0198. The molecule has 3 N–H and O–H groups in total. The van der Waals surface area contributed by atoms with Crippen molar-refractivity contribution < 1.29 is 14.3 Å². The van der Waals surface area contributed by atoms with E-state index in [2.05, 4.69) is 20.9 Å². The van der Waals surface area contributed by atoms with Crippen molar-refractivity contribution in [3.05, 3.63) is 24.3 Å². The lowest BCUT2D eigenvalue weighted by Crippen LogP contribution is -2.41. The van der Waals surface area contributed by atoms with Crippen LogP contribution in [0.25, 0.3) is 0 Å². The topological polar surface area (TPSA) is 84.0 Å². The average Bonchev–Trinajstić information content (AvgIpc) is 2.70. The van der Waals surface area contributed by atoms with E-state index in [1.165, 1.54) is 19.3 Å². The number of carbonyl (C=O) groups excluding carboxylic acids is 1. The molecule has 150 valence electrons. The van der Waals surface area contributed by atoms with E-state index in [0.717, 1.165) is 30.9 Å². The Labute approximate surface area is 161 Å². The van der Waals surface area contributed by atoms with E-state index in [1.54, 1.807) is 7.11 Å². The molecule has 1 aliphatic carbocycles. The molecule has 2 rings (SSSR count). The largest absolute Gasteiger partial charge is 0.497 e. The van der Waals surface area contributed by atoms with E-state index < -0.39 is 0 Å². The maximum absolute atomic E-state index is 12.1. The van der Waals surface area contributed by atoms with Crippen molar-refractivity contribution in [1.29, 1.82) is 0 Å². The van der Waals surface area contributed by atoms with E-state index in [-0.39, 0.29) is 12.5 Å². The summed E-state index contributed by atoms with van der Waals surface area (Å²) in [7, 11) is 1.64. The summed E-state index contributed by atoms with van der Waals surface area (Å²) in [4.78, 5) is 16.4. The summed E-state index contributed by atoms with van der Waals surface area (Å²) >= 11 is 0. The number of benzene rings is 1. The summed E-state index contributed by atoms with van der Waals surface area (Å²) in [6.45, 7) is 3.93. The molecule has 0 bridgehead atoms. The molecule has 1 saturated carbocycles. The molecule has 0 radical (unpaired) electrons. The minimum Gasteiger partial charge on any atom is -0.497 e. The van der Waals surface area contributed by atoms with Crippen molar-refractivity contribution in [2.75, 3.05) is 33.4 Å². The molecule has 0 saturated heterocycles. The molecule has 7 heteroatoms. The zero-order valence-corrected chi connectivity index (χ0v) is 16.4. The van der Waals surface area contributed by atoms with Gasteiger partial charge in [-0.05, 0) is 44.0 Å². The van der Waals surface area contributed by atoms with Gasteiger partial charge in [-0.25, -0.2) is 4.99 Å². The number of rotatable bonds is 9. The Balaban J connectivity index is 1.69. The standard InChI is InChI=1S/C20H32N4O3/c1-3-21-20(23-15-19(25)24-16-7-5-4-6-8-16)22-13-14-27-18-11-9-17(26-2)10-12-18/h9-12,16H,3-8,13-15H2,1-2H3,(H,24,25)(H2,21,22,23). The Morgan fingerprint density at radius 3 is 2.48 bits per heavy atom. The quantitative estimate of drug-likeness (QED) is 0.349. The smallest absolute Gasteiger partial charge is 0.242 e. The number of hydrogen-bond donors (Lipinski definition) is 3. The molecule has 27 heavy (non-hydrogen) atoms. The number of amides is 1. The Hall–Kier alpha value is -2.44. The highest BCUT2D eigenvalue weighted by molar-refractivity contribution is 5.85. The second kappa shape index (κ2) is 12.0. The molecule has 7 nitrogen and oxygen atoms in total. The molecule has 0 heterocycles. The molecule has 0 unspecified atom stereocenters. The van der Waals surface area contributed by atoms with Gasteiger partial charge >= 0.3 is 0 Å². The second-order valence-electron chi connectivity index (χ2n) is 6.55. The first-order valence-electron chi connectivity index (χ1n) is 9.79. The van der Waals surface area contributed by atoms with E-state index >= 15 is 0 Å². The number of methoxy groups -OCH3 is 1. The number of guanidine groups is 1. The first kappa shape index (κ1) is 20.9. The van der Waals surface area contributed by atoms with Crippen LogP contribution in [0, 0.1) is 0 Å². The van der Waals surface area contributed by atoms with Crippen molar-refractivity contribution >= 4 is 11.9 Å². The zero-order chi connectivity index (χ0) is 19.3. The van der Waals surface area contributed by atoms with Crippen molar-refractivity contribution in [3.63, 3.8) is 0 Å². The number of aliphatic imine (C=N–C) groups is 1. The Kier molecular flexibility index (Phi) is 9.30. The number of nitrogens with zero attached hydrogens (tertiary/aromatic N) is 1. The molecule has 1 aromatic rings. The number of nitrogens with one attached hydrogen (secondary N) is 3. The van der Waals surface area contributed by atoms with Crippen LogP contribution in [-0.4, -0.2) is 51.3 Å². The van der Waals surface area contributed by atoms with Gasteiger partial charge in [0.1, 0.15) is 24.7 Å². The van der Waals surface area contributed by atoms with Crippen LogP contribution < -0.4 is 25.4 Å². The summed E-state index contributed by atoms with van der Waals surface area (Å²) in [5.41, 5.74) is 0. The third-order valence-corrected chi connectivity index (χ3v) is 4.42. The van der Waals surface area contributed by atoms with Crippen molar-refractivity contribution in [2.45, 2.75) is 45.1 Å². The fraction of sp³-hybridized carbons (Fsp3) is 0.600. The number of carbonyl (C=O) groups is 1. The van der Waals surface area contributed by atoms with Crippen LogP contribution in [0.1, 0.15) is 39.0 Å². The van der Waals surface area contributed by atoms with E-state index in [1.807, 2.05) is 31.2 Å². The van der Waals surface area contributed by atoms with Gasteiger partial charge in [-0.2, -0.15) is 0 Å². The summed E-state index contributed by atoms with van der Waals surface area (Å²) in [6, 6.07) is 7.77. The number of ether oxygens (including phenoxy) is 2. The Bertz CT molecular complexity index is 583. The molecule has 0 aliphatic heterocycles. The monoisotopic (exact) mass is 376 g/mol. The lowest BCUT2D eigenvalue weighted by molar-refractivity contribution is -0.120. The van der Waals surface area contributed by atoms with Gasteiger partial charge in [0.05, 0.1) is 13.7 Å². The third-order valence-electron chi connectivity index (χ3n) is 4.42. The number of hydrogen-bond acceptors (Lipinski definition) is 4. The Morgan fingerprint density at radius 1 is 1.11 bits per heavy atom. The molecule has 0 aromatic heterocycles. The van der Waals surface area contributed by atoms with Crippen LogP contribution in [0.5, 0.6) is 11.5 Å². The fourth-order valence-corrected chi connectivity index (χ4v) is 3.02. The third kappa shape index (κ3) is 8.19. The molecule has 1 aliphatic rings.